The first-order valence-corrected chi connectivity index (χ1v) is 8.12. The molecule has 0 nitrogen and oxygen atoms in total. The van der Waals surface area contributed by atoms with E-state index in [1.807, 2.05) is 0 Å². The van der Waals surface area contributed by atoms with E-state index >= 15 is 0 Å². The van der Waals surface area contributed by atoms with Crippen molar-refractivity contribution in [2.45, 2.75) is 59.3 Å². The first-order valence-electron chi connectivity index (χ1n) is 8.12. The second-order valence-electron chi connectivity index (χ2n) is 8.33. The van der Waals surface area contributed by atoms with E-state index in [4.69, 9.17) is 0 Å². The molecule has 0 heterocycles. The Morgan fingerprint density at radius 2 is 1.59 bits per heavy atom. The molecule has 0 aromatic rings. The highest BCUT2D eigenvalue weighted by atomic mass is 14.7. The van der Waals surface area contributed by atoms with Gasteiger partial charge in [-0.25, -0.2) is 0 Å². The van der Waals surface area contributed by atoms with Gasteiger partial charge in [0.15, 0.2) is 0 Å². The normalized spacial score (nSPS) is 55.6. The quantitative estimate of drug-likeness (QED) is 0.603. The van der Waals surface area contributed by atoms with Gasteiger partial charge in [-0.3, -0.25) is 0 Å². The van der Waals surface area contributed by atoms with E-state index < -0.39 is 0 Å². The van der Waals surface area contributed by atoms with Crippen LogP contribution in [0.25, 0.3) is 0 Å². The summed E-state index contributed by atoms with van der Waals surface area (Å²) >= 11 is 0. The Bertz CT molecular complexity index is 327. The molecule has 4 saturated carbocycles. The van der Waals surface area contributed by atoms with Crippen LogP contribution < -0.4 is 0 Å². The summed E-state index contributed by atoms with van der Waals surface area (Å²) in [6, 6.07) is 0. The summed E-state index contributed by atoms with van der Waals surface area (Å²) in [6.45, 7) is 7.49. The first-order chi connectivity index (χ1) is 8.12. The number of fused-ring (bicyclic) bond motifs is 9. The van der Waals surface area contributed by atoms with Crippen molar-refractivity contribution in [3.8, 4) is 0 Å². The molecule has 0 saturated heterocycles. The van der Waals surface area contributed by atoms with Crippen LogP contribution >= 0.6 is 0 Å². The zero-order valence-electron chi connectivity index (χ0n) is 11.8. The molecule has 0 amide bonds. The Hall–Kier alpha value is 0. The molecule has 0 heteroatoms. The van der Waals surface area contributed by atoms with Crippen molar-refractivity contribution in [1.82, 2.24) is 0 Å². The molecule has 4 bridgehead atoms. The standard InChI is InChI=1S/C17H28/c1-4-17(2,3)14-9-12-8-13(14)16-11-6-5-10(7-11)15(12)16/h10-16H,4-9H2,1-3H3. The fourth-order valence-electron chi connectivity index (χ4n) is 6.73. The van der Waals surface area contributed by atoms with Crippen LogP contribution in [0.5, 0.6) is 0 Å². The summed E-state index contributed by atoms with van der Waals surface area (Å²) in [5.41, 5.74) is 0.617. The molecule has 4 fully saturated rings. The van der Waals surface area contributed by atoms with E-state index in [0.29, 0.717) is 5.41 Å². The van der Waals surface area contributed by atoms with Crippen LogP contribution in [-0.2, 0) is 0 Å². The number of hydrogen-bond acceptors (Lipinski definition) is 0. The largest absolute Gasteiger partial charge is 0.0649 e. The molecule has 0 aromatic carbocycles. The van der Waals surface area contributed by atoms with Gasteiger partial charge in [-0.2, -0.15) is 0 Å². The van der Waals surface area contributed by atoms with Crippen LogP contribution in [0.1, 0.15) is 59.3 Å². The van der Waals surface area contributed by atoms with Crippen LogP contribution in [0.4, 0.5) is 0 Å². The van der Waals surface area contributed by atoms with Crippen LogP contribution in [0, 0.1) is 46.8 Å². The predicted octanol–water partition coefficient (Wildman–Crippen LogP) is 4.74. The Morgan fingerprint density at radius 1 is 0.882 bits per heavy atom. The maximum atomic E-state index is 2.54. The number of hydrogen-bond donors (Lipinski definition) is 0. The van der Waals surface area contributed by atoms with E-state index in [2.05, 4.69) is 20.8 Å². The van der Waals surface area contributed by atoms with Crippen LogP contribution in [0.3, 0.4) is 0 Å². The average molecular weight is 232 g/mol. The van der Waals surface area contributed by atoms with Gasteiger partial charge < -0.3 is 0 Å². The summed E-state index contributed by atoms with van der Waals surface area (Å²) in [7, 11) is 0. The van der Waals surface area contributed by atoms with E-state index in [9.17, 15) is 0 Å². The predicted molar refractivity (Wildman–Crippen MR) is 71.6 cm³/mol. The molecule has 4 rings (SSSR count). The van der Waals surface area contributed by atoms with Crippen LogP contribution in [0.15, 0.2) is 0 Å². The monoisotopic (exact) mass is 232 g/mol. The summed E-state index contributed by atoms with van der Waals surface area (Å²) in [6.07, 6.45) is 9.41. The van der Waals surface area contributed by atoms with Gasteiger partial charge in [-0.1, -0.05) is 27.2 Å². The fourth-order valence-corrected chi connectivity index (χ4v) is 6.73. The summed E-state index contributed by atoms with van der Waals surface area (Å²) in [5, 5.41) is 0. The molecule has 0 N–H and O–H groups in total. The summed E-state index contributed by atoms with van der Waals surface area (Å²) < 4.78 is 0. The average Bonchev–Trinajstić information content (AvgIpc) is 3.05. The highest BCUT2D eigenvalue weighted by Gasteiger charge is 2.63. The Balaban J connectivity index is 1.63. The van der Waals surface area contributed by atoms with Gasteiger partial charge in [-0.15, -0.1) is 0 Å². The molecule has 7 unspecified atom stereocenters. The topological polar surface area (TPSA) is 0 Å². The van der Waals surface area contributed by atoms with Crippen molar-refractivity contribution < 1.29 is 0 Å². The third-order valence-electron chi connectivity index (χ3n) is 7.65. The van der Waals surface area contributed by atoms with Gasteiger partial charge in [0.25, 0.3) is 0 Å². The molecule has 17 heavy (non-hydrogen) atoms. The Kier molecular flexibility index (Phi) is 2.12. The van der Waals surface area contributed by atoms with Gasteiger partial charge in [0, 0.05) is 0 Å². The first kappa shape index (κ1) is 10.9. The maximum Gasteiger partial charge on any atom is -0.0321 e. The second-order valence-corrected chi connectivity index (χ2v) is 8.33. The summed E-state index contributed by atoms with van der Waals surface area (Å²) in [5.74, 6) is 8.07. The minimum Gasteiger partial charge on any atom is -0.0649 e. The lowest BCUT2D eigenvalue weighted by Crippen LogP contribution is -2.38. The lowest BCUT2D eigenvalue weighted by Gasteiger charge is -2.44. The Labute approximate surface area is 107 Å². The summed E-state index contributed by atoms with van der Waals surface area (Å²) in [4.78, 5) is 0. The molecular weight excluding hydrogens is 204 g/mol. The molecule has 0 radical (unpaired) electrons. The fraction of sp³-hybridized carbons (Fsp3) is 1.00. The highest BCUT2D eigenvalue weighted by molar-refractivity contribution is 5.12. The molecule has 7 atom stereocenters. The van der Waals surface area contributed by atoms with E-state index in [1.165, 1.54) is 24.2 Å². The van der Waals surface area contributed by atoms with Gasteiger partial charge in [0.2, 0.25) is 0 Å². The molecule has 0 aromatic heterocycles. The van der Waals surface area contributed by atoms with Crippen molar-refractivity contribution in [1.29, 1.82) is 0 Å². The Morgan fingerprint density at radius 3 is 2.29 bits per heavy atom. The lowest BCUT2D eigenvalue weighted by molar-refractivity contribution is 0.0398. The van der Waals surface area contributed by atoms with Crippen LogP contribution in [-0.4, -0.2) is 0 Å². The van der Waals surface area contributed by atoms with Crippen LogP contribution in [0.2, 0.25) is 0 Å². The van der Waals surface area contributed by atoms with Gasteiger partial charge in [0.1, 0.15) is 0 Å². The number of rotatable bonds is 2. The SMILES string of the molecule is CCC(C)(C)C1CC2CC1C1C3CCC(C3)C21. The third-order valence-corrected chi connectivity index (χ3v) is 7.65. The molecule has 4 aliphatic carbocycles. The van der Waals surface area contributed by atoms with E-state index in [1.54, 1.807) is 32.1 Å². The van der Waals surface area contributed by atoms with Gasteiger partial charge in [-0.05, 0) is 78.9 Å². The molecule has 0 spiro atoms. The smallest absolute Gasteiger partial charge is 0.0321 e. The van der Waals surface area contributed by atoms with Crippen molar-refractivity contribution in [2.75, 3.05) is 0 Å². The zero-order chi connectivity index (χ0) is 11.8. The minimum absolute atomic E-state index is 0.617. The minimum atomic E-state index is 0.617. The van der Waals surface area contributed by atoms with Gasteiger partial charge in [0.05, 0.1) is 0 Å². The van der Waals surface area contributed by atoms with Crippen molar-refractivity contribution in [2.24, 2.45) is 46.8 Å². The van der Waals surface area contributed by atoms with Crippen molar-refractivity contribution in [3.05, 3.63) is 0 Å². The zero-order valence-corrected chi connectivity index (χ0v) is 11.8. The second kappa shape index (κ2) is 3.31. The third kappa shape index (κ3) is 1.25. The van der Waals surface area contributed by atoms with Crippen molar-refractivity contribution in [3.63, 3.8) is 0 Å². The molecule has 4 aliphatic rings. The molecule has 96 valence electrons. The highest BCUT2D eigenvalue weighted by Crippen LogP contribution is 2.70. The van der Waals surface area contributed by atoms with E-state index in [-0.39, 0.29) is 0 Å². The van der Waals surface area contributed by atoms with Gasteiger partial charge >= 0.3 is 0 Å². The van der Waals surface area contributed by atoms with Crippen molar-refractivity contribution >= 4 is 0 Å². The lowest BCUT2D eigenvalue weighted by atomic mass is 9.60. The maximum absolute atomic E-state index is 2.54. The molecular formula is C17H28. The molecule has 0 aliphatic heterocycles. The van der Waals surface area contributed by atoms with E-state index in [0.717, 1.165) is 23.7 Å².